The van der Waals surface area contributed by atoms with Crippen molar-refractivity contribution in [2.45, 2.75) is 36.9 Å². The van der Waals surface area contributed by atoms with Gasteiger partial charge in [-0.3, -0.25) is 0 Å². The summed E-state index contributed by atoms with van der Waals surface area (Å²) >= 11 is 0. The summed E-state index contributed by atoms with van der Waals surface area (Å²) in [4.78, 5) is -0.366. The van der Waals surface area contributed by atoms with Crippen LogP contribution in [0.4, 0.5) is 4.39 Å². The van der Waals surface area contributed by atoms with Crippen molar-refractivity contribution in [2.24, 2.45) is 5.73 Å². The molecule has 1 aliphatic heterocycles. The molecule has 0 amide bonds. The molecule has 19 heavy (non-hydrogen) atoms. The highest BCUT2D eigenvalue weighted by molar-refractivity contribution is 7.89. The van der Waals surface area contributed by atoms with E-state index in [1.807, 2.05) is 0 Å². The maximum Gasteiger partial charge on any atom is 0.243 e. The fraction of sp³-hybridized carbons (Fsp3) is 0.500. The number of nitrogens with one attached hydrogen (secondary N) is 1. The van der Waals surface area contributed by atoms with E-state index >= 15 is 0 Å². The largest absolute Gasteiger partial charge is 0.377 e. The maximum absolute atomic E-state index is 13.7. The van der Waals surface area contributed by atoms with Crippen molar-refractivity contribution < 1.29 is 17.5 Å². The minimum Gasteiger partial charge on any atom is -0.377 e. The highest BCUT2D eigenvalue weighted by Gasteiger charge is 2.30. The molecule has 0 aromatic heterocycles. The van der Waals surface area contributed by atoms with Crippen molar-refractivity contribution in [3.63, 3.8) is 0 Å². The SMILES string of the molecule is CC1OCCC1NS(=O)(=O)c1cc(CN)ccc1F. The van der Waals surface area contributed by atoms with E-state index in [-0.39, 0.29) is 23.6 Å². The minimum atomic E-state index is -3.90. The van der Waals surface area contributed by atoms with E-state index < -0.39 is 15.8 Å². The first kappa shape index (κ1) is 14.4. The van der Waals surface area contributed by atoms with Crippen LogP contribution in [0.5, 0.6) is 0 Å². The van der Waals surface area contributed by atoms with Gasteiger partial charge in [-0.15, -0.1) is 0 Å². The number of ether oxygens (including phenoxy) is 1. The maximum atomic E-state index is 13.7. The Morgan fingerprint density at radius 1 is 1.53 bits per heavy atom. The molecule has 0 radical (unpaired) electrons. The molecule has 2 unspecified atom stereocenters. The molecule has 0 spiro atoms. The molecule has 1 saturated heterocycles. The molecule has 1 aromatic rings. The first-order valence-electron chi connectivity index (χ1n) is 6.06. The summed E-state index contributed by atoms with van der Waals surface area (Å²) in [5.74, 6) is -0.781. The second-order valence-electron chi connectivity index (χ2n) is 4.56. The third-order valence-corrected chi connectivity index (χ3v) is 4.71. The molecule has 0 saturated carbocycles. The van der Waals surface area contributed by atoms with Crippen molar-refractivity contribution in [2.75, 3.05) is 6.61 Å². The van der Waals surface area contributed by atoms with Gasteiger partial charge in [-0.05, 0) is 31.0 Å². The van der Waals surface area contributed by atoms with Crippen LogP contribution in [-0.2, 0) is 21.3 Å². The summed E-state index contributed by atoms with van der Waals surface area (Å²) in [5.41, 5.74) is 6.01. The van der Waals surface area contributed by atoms with Crippen LogP contribution < -0.4 is 10.5 Å². The van der Waals surface area contributed by atoms with Gasteiger partial charge in [0.1, 0.15) is 10.7 Å². The number of benzene rings is 1. The van der Waals surface area contributed by atoms with Crippen LogP contribution in [0.15, 0.2) is 23.1 Å². The van der Waals surface area contributed by atoms with E-state index in [4.69, 9.17) is 10.5 Å². The van der Waals surface area contributed by atoms with Crippen LogP contribution in [0, 0.1) is 5.82 Å². The zero-order valence-corrected chi connectivity index (χ0v) is 11.4. The lowest BCUT2D eigenvalue weighted by Gasteiger charge is -2.16. The van der Waals surface area contributed by atoms with Gasteiger partial charge in [0.05, 0.1) is 12.1 Å². The Hall–Kier alpha value is -1.02. The van der Waals surface area contributed by atoms with Gasteiger partial charge in [-0.1, -0.05) is 6.07 Å². The van der Waals surface area contributed by atoms with Crippen molar-refractivity contribution in [1.82, 2.24) is 4.72 Å². The minimum absolute atomic E-state index is 0.158. The topological polar surface area (TPSA) is 81.4 Å². The molecule has 7 heteroatoms. The van der Waals surface area contributed by atoms with Gasteiger partial charge in [0.25, 0.3) is 0 Å². The molecular formula is C12H17FN2O3S. The number of halogens is 1. The molecule has 1 heterocycles. The van der Waals surface area contributed by atoms with Crippen molar-refractivity contribution >= 4 is 10.0 Å². The molecule has 5 nitrogen and oxygen atoms in total. The van der Waals surface area contributed by atoms with Crippen LogP contribution in [-0.4, -0.2) is 27.2 Å². The van der Waals surface area contributed by atoms with Gasteiger partial charge in [0.2, 0.25) is 10.0 Å². The predicted octanol–water partition coefficient (Wildman–Crippen LogP) is 0.740. The molecule has 1 aromatic carbocycles. The molecule has 2 atom stereocenters. The van der Waals surface area contributed by atoms with Gasteiger partial charge in [-0.2, -0.15) is 0 Å². The molecular weight excluding hydrogens is 271 g/mol. The van der Waals surface area contributed by atoms with Crippen molar-refractivity contribution in [3.05, 3.63) is 29.6 Å². The number of hydrogen-bond donors (Lipinski definition) is 2. The Bertz CT molecular complexity index is 562. The van der Waals surface area contributed by atoms with Gasteiger partial charge in [0, 0.05) is 13.2 Å². The standard InChI is InChI=1S/C12H17FN2O3S/c1-8-11(4-5-18-8)15-19(16,17)12-6-9(7-14)2-3-10(12)13/h2-3,6,8,11,15H,4-5,7,14H2,1H3. The quantitative estimate of drug-likeness (QED) is 0.856. The fourth-order valence-corrected chi connectivity index (χ4v) is 3.50. The predicted molar refractivity (Wildman–Crippen MR) is 68.4 cm³/mol. The Morgan fingerprint density at radius 3 is 2.84 bits per heavy atom. The van der Waals surface area contributed by atoms with E-state index in [0.29, 0.717) is 18.6 Å². The lowest BCUT2D eigenvalue weighted by molar-refractivity contribution is 0.117. The fourth-order valence-electron chi connectivity index (χ4n) is 2.03. The molecule has 3 N–H and O–H groups in total. The first-order valence-corrected chi connectivity index (χ1v) is 7.55. The summed E-state index contributed by atoms with van der Waals surface area (Å²) in [7, 11) is -3.90. The molecule has 106 valence electrons. The monoisotopic (exact) mass is 288 g/mol. The summed E-state index contributed by atoms with van der Waals surface area (Å²) in [6, 6.07) is 3.52. The summed E-state index contributed by atoms with van der Waals surface area (Å²) in [5, 5.41) is 0. The highest BCUT2D eigenvalue weighted by atomic mass is 32.2. The first-order chi connectivity index (χ1) is 8.94. The molecule has 1 aliphatic rings. The summed E-state index contributed by atoms with van der Waals surface area (Å²) in [6.45, 7) is 2.44. The van der Waals surface area contributed by atoms with E-state index in [0.717, 1.165) is 6.07 Å². The van der Waals surface area contributed by atoms with Crippen LogP contribution >= 0.6 is 0 Å². The second-order valence-corrected chi connectivity index (χ2v) is 6.24. The third kappa shape index (κ3) is 3.11. The van der Waals surface area contributed by atoms with E-state index in [2.05, 4.69) is 4.72 Å². The van der Waals surface area contributed by atoms with E-state index in [1.54, 1.807) is 6.92 Å². The number of hydrogen-bond acceptors (Lipinski definition) is 4. The van der Waals surface area contributed by atoms with Crippen LogP contribution in [0.2, 0.25) is 0 Å². The highest BCUT2D eigenvalue weighted by Crippen LogP contribution is 2.20. The lowest BCUT2D eigenvalue weighted by Crippen LogP contribution is -2.39. The third-order valence-electron chi connectivity index (χ3n) is 3.20. The van der Waals surface area contributed by atoms with Crippen molar-refractivity contribution in [3.8, 4) is 0 Å². The van der Waals surface area contributed by atoms with Gasteiger partial charge < -0.3 is 10.5 Å². The summed E-state index contributed by atoms with van der Waals surface area (Å²) in [6.07, 6.45) is 0.369. The average molecular weight is 288 g/mol. The Balaban J connectivity index is 2.28. The second kappa shape index (κ2) is 5.54. The number of nitrogens with two attached hydrogens (primary N) is 1. The molecule has 0 bridgehead atoms. The lowest BCUT2D eigenvalue weighted by atomic mass is 10.2. The molecule has 1 fully saturated rings. The zero-order valence-electron chi connectivity index (χ0n) is 10.6. The zero-order chi connectivity index (χ0) is 14.0. The van der Waals surface area contributed by atoms with Crippen LogP contribution in [0.25, 0.3) is 0 Å². The van der Waals surface area contributed by atoms with Crippen LogP contribution in [0.3, 0.4) is 0 Å². The molecule has 0 aliphatic carbocycles. The van der Waals surface area contributed by atoms with Crippen molar-refractivity contribution in [1.29, 1.82) is 0 Å². The Morgan fingerprint density at radius 2 is 2.26 bits per heavy atom. The van der Waals surface area contributed by atoms with Gasteiger partial charge in [0.15, 0.2) is 0 Å². The van der Waals surface area contributed by atoms with Gasteiger partial charge in [-0.25, -0.2) is 17.5 Å². The van der Waals surface area contributed by atoms with E-state index in [9.17, 15) is 12.8 Å². The number of rotatable bonds is 4. The number of sulfonamides is 1. The normalized spacial score (nSPS) is 23.7. The smallest absolute Gasteiger partial charge is 0.243 e. The van der Waals surface area contributed by atoms with Crippen LogP contribution in [0.1, 0.15) is 18.9 Å². The Labute approximate surface area is 112 Å². The van der Waals surface area contributed by atoms with E-state index in [1.165, 1.54) is 12.1 Å². The molecule has 2 rings (SSSR count). The van der Waals surface area contributed by atoms with Gasteiger partial charge >= 0.3 is 0 Å². The summed E-state index contributed by atoms with van der Waals surface area (Å²) < 4.78 is 45.8. The average Bonchev–Trinajstić information content (AvgIpc) is 2.75. The Kier molecular flexibility index (Phi) is 4.19.